The number of carbonyl (C=O) groups excluding carboxylic acids is 1. The minimum Gasteiger partial charge on any atom is -0.294 e. The zero-order valence-corrected chi connectivity index (χ0v) is 14.3. The quantitative estimate of drug-likeness (QED) is 0.660. The van der Waals surface area contributed by atoms with Gasteiger partial charge in [-0.2, -0.15) is 0 Å². The van der Waals surface area contributed by atoms with Crippen molar-refractivity contribution in [3.63, 3.8) is 0 Å². The molecule has 1 nitrogen and oxygen atoms in total. The monoisotopic (exact) mass is 294 g/mol. The van der Waals surface area contributed by atoms with E-state index in [-0.39, 0.29) is 17.1 Å². The molecule has 2 aromatic carbocycles. The highest BCUT2D eigenvalue weighted by Crippen LogP contribution is 2.39. The van der Waals surface area contributed by atoms with Crippen LogP contribution in [0.4, 0.5) is 0 Å². The minimum atomic E-state index is 0.0463. The Kier molecular flexibility index (Phi) is 4.85. The van der Waals surface area contributed by atoms with Crippen LogP contribution < -0.4 is 0 Å². The van der Waals surface area contributed by atoms with Gasteiger partial charge in [-0.15, -0.1) is 0 Å². The maximum Gasteiger partial charge on any atom is 0.163 e. The molecule has 22 heavy (non-hydrogen) atoms. The second-order valence-corrected chi connectivity index (χ2v) is 7.33. The molecule has 0 saturated carbocycles. The lowest BCUT2D eigenvalue weighted by molar-refractivity contribution is 0.0951. The lowest BCUT2D eigenvalue weighted by Crippen LogP contribution is -2.22. The molecule has 0 radical (unpaired) electrons. The maximum atomic E-state index is 12.6. The van der Waals surface area contributed by atoms with Crippen LogP contribution in [0.2, 0.25) is 0 Å². The Bertz CT molecular complexity index is 627. The fraction of sp³-hybridized carbons (Fsp3) is 0.381. The molecule has 1 heteroatoms. The van der Waals surface area contributed by atoms with Crippen molar-refractivity contribution < 1.29 is 4.79 Å². The van der Waals surface area contributed by atoms with Crippen molar-refractivity contribution >= 4 is 5.78 Å². The van der Waals surface area contributed by atoms with E-state index in [4.69, 9.17) is 0 Å². The van der Waals surface area contributed by atoms with Crippen molar-refractivity contribution in [3.8, 4) is 0 Å². The van der Waals surface area contributed by atoms with Crippen molar-refractivity contribution in [2.45, 2.75) is 47.0 Å². The molecule has 0 aliphatic rings. The third kappa shape index (κ3) is 4.07. The van der Waals surface area contributed by atoms with Gasteiger partial charge in [-0.25, -0.2) is 0 Å². The van der Waals surface area contributed by atoms with Crippen LogP contribution >= 0.6 is 0 Å². The summed E-state index contributed by atoms with van der Waals surface area (Å²) < 4.78 is 0. The number of aryl methyl sites for hydroxylation is 2. The number of carbonyl (C=O) groups is 1. The normalized spacial score (nSPS) is 13.0. The first-order chi connectivity index (χ1) is 10.3. The van der Waals surface area contributed by atoms with Gasteiger partial charge >= 0.3 is 0 Å². The summed E-state index contributed by atoms with van der Waals surface area (Å²) in [4.78, 5) is 12.6. The van der Waals surface area contributed by atoms with E-state index in [2.05, 4.69) is 52.8 Å². The van der Waals surface area contributed by atoms with Gasteiger partial charge in [0, 0.05) is 12.0 Å². The number of rotatable bonds is 4. The van der Waals surface area contributed by atoms with Gasteiger partial charge in [-0.1, -0.05) is 80.4 Å². The average Bonchev–Trinajstić information content (AvgIpc) is 2.43. The topological polar surface area (TPSA) is 17.1 Å². The van der Waals surface area contributed by atoms with Gasteiger partial charge in [0.15, 0.2) is 5.78 Å². The summed E-state index contributed by atoms with van der Waals surface area (Å²) in [5.74, 6) is 0.443. The van der Waals surface area contributed by atoms with Crippen LogP contribution in [0.3, 0.4) is 0 Å². The summed E-state index contributed by atoms with van der Waals surface area (Å²) in [6.07, 6.45) is 0.552. The van der Waals surface area contributed by atoms with Crippen LogP contribution in [-0.2, 0) is 0 Å². The SMILES string of the molecule is Cc1cc(C)cc(C(CC(=O)c2ccccc2)C(C)(C)C)c1. The van der Waals surface area contributed by atoms with Crippen LogP contribution in [0, 0.1) is 19.3 Å². The van der Waals surface area contributed by atoms with E-state index in [0.29, 0.717) is 6.42 Å². The van der Waals surface area contributed by atoms with E-state index in [1.807, 2.05) is 30.3 Å². The van der Waals surface area contributed by atoms with Crippen LogP contribution in [0.25, 0.3) is 0 Å². The summed E-state index contributed by atoms with van der Waals surface area (Å²) in [7, 11) is 0. The van der Waals surface area contributed by atoms with Gasteiger partial charge in [-0.05, 0) is 30.7 Å². The Labute approximate surface area is 134 Å². The highest BCUT2D eigenvalue weighted by atomic mass is 16.1. The molecule has 0 spiro atoms. The Balaban J connectivity index is 2.33. The average molecular weight is 294 g/mol. The molecular formula is C21H26O. The fourth-order valence-corrected chi connectivity index (χ4v) is 3.06. The van der Waals surface area contributed by atoms with Gasteiger partial charge < -0.3 is 0 Å². The Morgan fingerprint density at radius 3 is 2.00 bits per heavy atom. The van der Waals surface area contributed by atoms with Crippen LogP contribution in [-0.4, -0.2) is 5.78 Å². The van der Waals surface area contributed by atoms with Gasteiger partial charge in [0.1, 0.15) is 0 Å². The highest BCUT2D eigenvalue weighted by Gasteiger charge is 2.29. The van der Waals surface area contributed by atoms with Crippen molar-refractivity contribution in [1.82, 2.24) is 0 Å². The lowest BCUT2D eigenvalue weighted by atomic mass is 9.73. The van der Waals surface area contributed by atoms with Gasteiger partial charge in [0.2, 0.25) is 0 Å². The number of hydrogen-bond donors (Lipinski definition) is 0. The molecule has 0 fully saturated rings. The van der Waals surface area contributed by atoms with E-state index in [0.717, 1.165) is 5.56 Å². The molecule has 0 aromatic heterocycles. The standard InChI is InChI=1S/C21H26O/c1-15-11-16(2)13-18(12-15)19(21(3,4)5)14-20(22)17-9-7-6-8-10-17/h6-13,19H,14H2,1-5H3. The summed E-state index contributed by atoms with van der Waals surface area (Å²) >= 11 is 0. The molecule has 0 saturated heterocycles. The predicted molar refractivity (Wildman–Crippen MR) is 93.5 cm³/mol. The molecule has 1 unspecified atom stereocenters. The van der Waals surface area contributed by atoms with E-state index < -0.39 is 0 Å². The zero-order valence-electron chi connectivity index (χ0n) is 14.3. The fourth-order valence-electron chi connectivity index (χ4n) is 3.06. The van der Waals surface area contributed by atoms with Crippen molar-refractivity contribution in [2.75, 3.05) is 0 Å². The first kappa shape index (κ1) is 16.5. The van der Waals surface area contributed by atoms with E-state index in [9.17, 15) is 4.79 Å². The summed E-state index contributed by atoms with van der Waals surface area (Å²) in [6.45, 7) is 10.9. The minimum absolute atomic E-state index is 0.0463. The van der Waals surface area contributed by atoms with Gasteiger partial charge in [-0.3, -0.25) is 4.79 Å². The van der Waals surface area contributed by atoms with Crippen molar-refractivity contribution in [2.24, 2.45) is 5.41 Å². The first-order valence-electron chi connectivity index (χ1n) is 7.94. The second-order valence-electron chi connectivity index (χ2n) is 7.33. The van der Waals surface area contributed by atoms with Crippen molar-refractivity contribution in [3.05, 3.63) is 70.8 Å². The van der Waals surface area contributed by atoms with E-state index in [1.54, 1.807) is 0 Å². The summed E-state index contributed by atoms with van der Waals surface area (Å²) in [5.41, 5.74) is 4.65. The number of Topliss-reactive ketones (excluding diaryl/α,β-unsaturated/α-hetero) is 1. The molecular weight excluding hydrogens is 268 g/mol. The van der Waals surface area contributed by atoms with Crippen LogP contribution in [0.5, 0.6) is 0 Å². The van der Waals surface area contributed by atoms with Gasteiger partial charge in [0.25, 0.3) is 0 Å². The molecule has 1 atom stereocenters. The third-order valence-corrected chi connectivity index (χ3v) is 4.18. The number of benzene rings is 2. The lowest BCUT2D eigenvalue weighted by Gasteiger charge is -2.31. The molecule has 2 rings (SSSR count). The second kappa shape index (κ2) is 6.48. The predicted octanol–water partition coefficient (Wildman–Crippen LogP) is 5.71. The van der Waals surface area contributed by atoms with E-state index in [1.165, 1.54) is 16.7 Å². The van der Waals surface area contributed by atoms with E-state index >= 15 is 0 Å². The number of ketones is 1. The zero-order chi connectivity index (χ0) is 16.3. The number of hydrogen-bond acceptors (Lipinski definition) is 1. The van der Waals surface area contributed by atoms with Crippen LogP contribution in [0.15, 0.2) is 48.5 Å². The summed E-state index contributed by atoms with van der Waals surface area (Å²) in [5, 5.41) is 0. The first-order valence-corrected chi connectivity index (χ1v) is 7.94. The van der Waals surface area contributed by atoms with Crippen LogP contribution in [0.1, 0.15) is 60.2 Å². The Morgan fingerprint density at radius 2 is 1.50 bits per heavy atom. The van der Waals surface area contributed by atoms with Gasteiger partial charge in [0.05, 0.1) is 0 Å². The smallest absolute Gasteiger partial charge is 0.163 e. The molecule has 116 valence electrons. The largest absolute Gasteiger partial charge is 0.294 e. The molecule has 0 bridgehead atoms. The van der Waals surface area contributed by atoms with Crippen molar-refractivity contribution in [1.29, 1.82) is 0 Å². The molecule has 0 heterocycles. The molecule has 2 aromatic rings. The Morgan fingerprint density at radius 1 is 0.955 bits per heavy atom. The Hall–Kier alpha value is -1.89. The summed E-state index contributed by atoms with van der Waals surface area (Å²) in [6, 6.07) is 16.2. The molecule has 0 N–H and O–H groups in total. The highest BCUT2D eigenvalue weighted by molar-refractivity contribution is 5.96. The molecule has 0 aliphatic heterocycles. The maximum absolute atomic E-state index is 12.6. The third-order valence-electron chi connectivity index (χ3n) is 4.18. The molecule has 0 aliphatic carbocycles. The molecule has 0 amide bonds.